The SMILES string of the molecule is CNC1CCN(C(=O)C(C)CCc2ccccc2F)CC1. The summed E-state index contributed by atoms with van der Waals surface area (Å²) < 4.78 is 13.6. The number of nitrogens with one attached hydrogen (secondary N) is 1. The number of benzene rings is 1. The fourth-order valence-corrected chi connectivity index (χ4v) is 2.90. The van der Waals surface area contributed by atoms with Crippen LogP contribution < -0.4 is 5.32 Å². The number of halogens is 1. The van der Waals surface area contributed by atoms with Gasteiger partial charge in [-0.05, 0) is 44.4 Å². The fraction of sp³-hybridized carbons (Fsp3) is 0.588. The van der Waals surface area contributed by atoms with Crippen molar-refractivity contribution in [2.75, 3.05) is 20.1 Å². The van der Waals surface area contributed by atoms with Crippen LogP contribution in [0.2, 0.25) is 0 Å². The van der Waals surface area contributed by atoms with E-state index in [1.165, 1.54) is 6.07 Å². The molecule has 1 heterocycles. The average Bonchev–Trinajstić information content (AvgIpc) is 2.53. The van der Waals surface area contributed by atoms with Gasteiger partial charge >= 0.3 is 0 Å². The molecule has 1 aliphatic heterocycles. The molecule has 116 valence electrons. The Balaban J connectivity index is 1.82. The van der Waals surface area contributed by atoms with Gasteiger partial charge in [0.05, 0.1) is 0 Å². The van der Waals surface area contributed by atoms with Crippen molar-refractivity contribution in [3.8, 4) is 0 Å². The number of hydrogen-bond acceptors (Lipinski definition) is 2. The number of nitrogens with zero attached hydrogens (tertiary/aromatic N) is 1. The molecule has 1 atom stereocenters. The molecule has 21 heavy (non-hydrogen) atoms. The topological polar surface area (TPSA) is 32.3 Å². The summed E-state index contributed by atoms with van der Waals surface area (Å²) in [6.07, 6.45) is 3.35. The number of carbonyl (C=O) groups is 1. The average molecular weight is 292 g/mol. The third-order valence-corrected chi connectivity index (χ3v) is 4.44. The lowest BCUT2D eigenvalue weighted by Crippen LogP contribution is -2.45. The van der Waals surface area contributed by atoms with Crippen molar-refractivity contribution in [3.05, 3.63) is 35.6 Å². The maximum absolute atomic E-state index is 13.6. The molecule has 0 radical (unpaired) electrons. The van der Waals surface area contributed by atoms with E-state index in [0.29, 0.717) is 24.4 Å². The molecule has 1 N–H and O–H groups in total. The third kappa shape index (κ3) is 4.27. The van der Waals surface area contributed by atoms with Crippen LogP contribution in [0.25, 0.3) is 0 Å². The van der Waals surface area contributed by atoms with Crippen molar-refractivity contribution in [1.82, 2.24) is 10.2 Å². The lowest BCUT2D eigenvalue weighted by molar-refractivity contribution is -0.136. The van der Waals surface area contributed by atoms with E-state index in [1.54, 1.807) is 12.1 Å². The van der Waals surface area contributed by atoms with Gasteiger partial charge in [0.1, 0.15) is 5.82 Å². The van der Waals surface area contributed by atoms with Crippen molar-refractivity contribution in [3.63, 3.8) is 0 Å². The lowest BCUT2D eigenvalue weighted by Gasteiger charge is -2.33. The Hall–Kier alpha value is -1.42. The molecule has 1 unspecified atom stereocenters. The van der Waals surface area contributed by atoms with Gasteiger partial charge in [-0.3, -0.25) is 4.79 Å². The summed E-state index contributed by atoms with van der Waals surface area (Å²) in [5, 5.41) is 3.27. The number of carbonyl (C=O) groups excluding carboxylic acids is 1. The summed E-state index contributed by atoms with van der Waals surface area (Å²) in [5.41, 5.74) is 0.700. The predicted molar refractivity (Wildman–Crippen MR) is 82.5 cm³/mol. The third-order valence-electron chi connectivity index (χ3n) is 4.44. The largest absolute Gasteiger partial charge is 0.342 e. The second kappa shape index (κ2) is 7.55. The lowest BCUT2D eigenvalue weighted by atomic mass is 9.97. The minimum Gasteiger partial charge on any atom is -0.342 e. The fourth-order valence-electron chi connectivity index (χ4n) is 2.90. The van der Waals surface area contributed by atoms with Gasteiger partial charge in [0.2, 0.25) is 5.91 Å². The van der Waals surface area contributed by atoms with Gasteiger partial charge in [-0.1, -0.05) is 25.1 Å². The first-order valence-electron chi connectivity index (χ1n) is 7.81. The van der Waals surface area contributed by atoms with Crippen LogP contribution in [-0.2, 0) is 11.2 Å². The van der Waals surface area contributed by atoms with E-state index >= 15 is 0 Å². The maximum atomic E-state index is 13.6. The molecular weight excluding hydrogens is 267 g/mol. The number of hydrogen-bond donors (Lipinski definition) is 1. The summed E-state index contributed by atoms with van der Waals surface area (Å²) in [5.74, 6) is -0.0105. The van der Waals surface area contributed by atoms with Gasteiger partial charge in [-0.25, -0.2) is 4.39 Å². The van der Waals surface area contributed by atoms with E-state index in [4.69, 9.17) is 0 Å². The number of rotatable bonds is 5. The Labute approximate surface area is 126 Å². The smallest absolute Gasteiger partial charge is 0.225 e. The highest BCUT2D eigenvalue weighted by molar-refractivity contribution is 5.78. The van der Waals surface area contributed by atoms with E-state index < -0.39 is 0 Å². The Morgan fingerprint density at radius 2 is 2.05 bits per heavy atom. The molecular formula is C17H25FN2O. The van der Waals surface area contributed by atoms with Crippen molar-refractivity contribution >= 4 is 5.91 Å². The van der Waals surface area contributed by atoms with Gasteiger partial charge in [0, 0.05) is 25.0 Å². The maximum Gasteiger partial charge on any atom is 0.225 e. The van der Waals surface area contributed by atoms with Crippen LogP contribution in [0.4, 0.5) is 4.39 Å². The highest BCUT2D eigenvalue weighted by Gasteiger charge is 2.25. The van der Waals surface area contributed by atoms with Gasteiger partial charge < -0.3 is 10.2 Å². The van der Waals surface area contributed by atoms with Crippen LogP contribution >= 0.6 is 0 Å². The first kappa shape index (κ1) is 16.0. The highest BCUT2D eigenvalue weighted by atomic mass is 19.1. The summed E-state index contributed by atoms with van der Waals surface area (Å²) in [4.78, 5) is 14.4. The van der Waals surface area contributed by atoms with Gasteiger partial charge in [0.15, 0.2) is 0 Å². The Morgan fingerprint density at radius 3 is 2.67 bits per heavy atom. The van der Waals surface area contributed by atoms with Crippen molar-refractivity contribution < 1.29 is 9.18 Å². The van der Waals surface area contributed by atoms with E-state index in [1.807, 2.05) is 24.9 Å². The van der Waals surface area contributed by atoms with E-state index in [2.05, 4.69) is 5.32 Å². The van der Waals surface area contributed by atoms with Crippen LogP contribution in [0, 0.1) is 11.7 Å². The van der Waals surface area contributed by atoms with Crippen LogP contribution in [0.3, 0.4) is 0 Å². The van der Waals surface area contributed by atoms with Crippen LogP contribution in [0.1, 0.15) is 31.7 Å². The summed E-state index contributed by atoms with van der Waals surface area (Å²) >= 11 is 0. The molecule has 0 saturated carbocycles. The number of piperidine rings is 1. The Bertz CT molecular complexity index is 470. The minimum atomic E-state index is -0.174. The zero-order valence-corrected chi connectivity index (χ0v) is 12.9. The van der Waals surface area contributed by atoms with Gasteiger partial charge in [-0.15, -0.1) is 0 Å². The van der Waals surface area contributed by atoms with Crippen molar-refractivity contribution in [2.24, 2.45) is 5.92 Å². The highest BCUT2D eigenvalue weighted by Crippen LogP contribution is 2.18. The molecule has 1 amide bonds. The molecule has 1 aromatic carbocycles. The molecule has 0 aromatic heterocycles. The van der Waals surface area contributed by atoms with E-state index in [-0.39, 0.29) is 17.6 Å². The van der Waals surface area contributed by atoms with Crippen LogP contribution in [0.15, 0.2) is 24.3 Å². The predicted octanol–water partition coefficient (Wildman–Crippen LogP) is 2.60. The molecule has 3 nitrogen and oxygen atoms in total. The number of likely N-dealkylation sites (tertiary alicyclic amines) is 1. The molecule has 1 aromatic rings. The zero-order chi connectivity index (χ0) is 15.2. The monoisotopic (exact) mass is 292 g/mol. The van der Waals surface area contributed by atoms with E-state index in [0.717, 1.165) is 25.9 Å². The quantitative estimate of drug-likeness (QED) is 0.905. The number of aryl methyl sites for hydroxylation is 1. The Kier molecular flexibility index (Phi) is 5.74. The molecule has 1 saturated heterocycles. The summed E-state index contributed by atoms with van der Waals surface area (Å²) in [6.45, 7) is 3.61. The first-order valence-corrected chi connectivity index (χ1v) is 7.81. The molecule has 4 heteroatoms. The molecule has 1 fully saturated rings. The second-order valence-corrected chi connectivity index (χ2v) is 5.92. The van der Waals surface area contributed by atoms with Crippen molar-refractivity contribution in [1.29, 1.82) is 0 Å². The standard InChI is InChI=1S/C17H25FN2O/c1-13(7-8-14-5-3-4-6-16(14)18)17(21)20-11-9-15(19-2)10-12-20/h3-6,13,15,19H,7-12H2,1-2H3. The number of amides is 1. The first-order chi connectivity index (χ1) is 10.1. The zero-order valence-electron chi connectivity index (χ0n) is 12.9. The van der Waals surface area contributed by atoms with Crippen LogP contribution in [0.5, 0.6) is 0 Å². The minimum absolute atomic E-state index is 0.0456. The summed E-state index contributed by atoms with van der Waals surface area (Å²) in [7, 11) is 1.97. The Morgan fingerprint density at radius 1 is 1.38 bits per heavy atom. The normalized spacial score (nSPS) is 17.8. The van der Waals surface area contributed by atoms with Crippen molar-refractivity contribution in [2.45, 2.75) is 38.6 Å². The summed E-state index contributed by atoms with van der Waals surface area (Å²) in [6, 6.07) is 7.34. The van der Waals surface area contributed by atoms with E-state index in [9.17, 15) is 9.18 Å². The molecule has 0 bridgehead atoms. The molecule has 1 aliphatic rings. The molecule has 0 aliphatic carbocycles. The second-order valence-electron chi connectivity index (χ2n) is 5.92. The van der Waals surface area contributed by atoms with Gasteiger partial charge in [0.25, 0.3) is 0 Å². The van der Waals surface area contributed by atoms with Gasteiger partial charge in [-0.2, -0.15) is 0 Å². The van der Waals surface area contributed by atoms with Crippen LogP contribution in [-0.4, -0.2) is 37.0 Å². The molecule has 2 rings (SSSR count). The molecule has 0 spiro atoms.